The van der Waals surface area contributed by atoms with Crippen molar-refractivity contribution in [1.82, 2.24) is 0 Å². The Morgan fingerprint density at radius 1 is 0.969 bits per heavy atom. The van der Waals surface area contributed by atoms with Gasteiger partial charge in [-0.1, -0.05) is 12.1 Å². The van der Waals surface area contributed by atoms with Crippen LogP contribution in [0.5, 0.6) is 11.5 Å². The van der Waals surface area contributed by atoms with E-state index in [-0.39, 0.29) is 30.9 Å². The van der Waals surface area contributed by atoms with E-state index >= 15 is 0 Å². The van der Waals surface area contributed by atoms with Gasteiger partial charge in [-0.3, -0.25) is 14.4 Å². The number of amides is 2. The second-order valence-electron chi connectivity index (χ2n) is 6.97. The summed E-state index contributed by atoms with van der Waals surface area (Å²) in [6, 6.07) is 12.0. The Labute approximate surface area is 183 Å². The molecule has 0 unspecified atom stereocenters. The molecular formula is C23H22N2O7. The third-order valence-electron chi connectivity index (χ3n) is 4.73. The minimum absolute atomic E-state index is 0.0504. The van der Waals surface area contributed by atoms with Gasteiger partial charge in [-0.2, -0.15) is 0 Å². The van der Waals surface area contributed by atoms with Crippen molar-refractivity contribution < 1.29 is 33.0 Å². The minimum Gasteiger partial charge on any atom is -0.486 e. The van der Waals surface area contributed by atoms with E-state index in [0.717, 1.165) is 0 Å². The van der Waals surface area contributed by atoms with Gasteiger partial charge in [0.25, 0.3) is 5.91 Å². The summed E-state index contributed by atoms with van der Waals surface area (Å²) in [5.41, 5.74) is 1.17. The van der Waals surface area contributed by atoms with Crippen LogP contribution in [-0.2, 0) is 14.3 Å². The summed E-state index contributed by atoms with van der Waals surface area (Å²) >= 11 is 0. The van der Waals surface area contributed by atoms with Crippen molar-refractivity contribution in [3.05, 3.63) is 48.2 Å². The van der Waals surface area contributed by atoms with Crippen LogP contribution >= 0.6 is 0 Å². The van der Waals surface area contributed by atoms with Crippen LogP contribution in [0.2, 0.25) is 0 Å². The summed E-state index contributed by atoms with van der Waals surface area (Å²) in [6.45, 7) is 2.84. The average molecular weight is 438 g/mol. The zero-order chi connectivity index (χ0) is 22.5. The molecule has 1 aliphatic heterocycles. The van der Waals surface area contributed by atoms with Crippen LogP contribution in [0.1, 0.15) is 30.3 Å². The van der Waals surface area contributed by atoms with Crippen LogP contribution in [0.4, 0.5) is 11.4 Å². The highest BCUT2D eigenvalue weighted by molar-refractivity contribution is 6.14. The summed E-state index contributed by atoms with van der Waals surface area (Å²) < 4.78 is 21.6. The first-order valence-electron chi connectivity index (χ1n) is 10.2. The lowest BCUT2D eigenvalue weighted by molar-refractivity contribution is -0.144. The zero-order valence-electron chi connectivity index (χ0n) is 17.4. The number of rotatable bonds is 7. The number of furan rings is 1. The van der Waals surface area contributed by atoms with Crippen LogP contribution < -0.4 is 20.1 Å². The van der Waals surface area contributed by atoms with Gasteiger partial charge in [0.2, 0.25) is 11.7 Å². The van der Waals surface area contributed by atoms with E-state index in [0.29, 0.717) is 41.4 Å². The smallest absolute Gasteiger partial charge is 0.306 e. The number of carbonyl (C=O) groups is 3. The van der Waals surface area contributed by atoms with E-state index in [1.54, 1.807) is 49.4 Å². The summed E-state index contributed by atoms with van der Waals surface area (Å²) in [4.78, 5) is 37.0. The lowest BCUT2D eigenvalue weighted by Gasteiger charge is -2.18. The highest BCUT2D eigenvalue weighted by Crippen LogP contribution is 2.34. The molecule has 166 valence electrons. The number of anilines is 2. The Kier molecular flexibility index (Phi) is 6.25. The molecule has 32 heavy (non-hydrogen) atoms. The summed E-state index contributed by atoms with van der Waals surface area (Å²) in [7, 11) is 0. The molecule has 2 amide bonds. The van der Waals surface area contributed by atoms with Crippen molar-refractivity contribution in [3.63, 3.8) is 0 Å². The van der Waals surface area contributed by atoms with Crippen LogP contribution in [-0.4, -0.2) is 37.6 Å². The number of fused-ring (bicyclic) bond motifs is 2. The van der Waals surface area contributed by atoms with E-state index in [9.17, 15) is 14.4 Å². The van der Waals surface area contributed by atoms with Gasteiger partial charge in [-0.25, -0.2) is 0 Å². The maximum Gasteiger partial charge on any atom is 0.306 e. The highest BCUT2D eigenvalue weighted by atomic mass is 16.6. The van der Waals surface area contributed by atoms with Crippen LogP contribution in [0.3, 0.4) is 0 Å². The monoisotopic (exact) mass is 438 g/mol. The molecule has 1 aliphatic rings. The second kappa shape index (κ2) is 9.42. The van der Waals surface area contributed by atoms with Gasteiger partial charge in [0.15, 0.2) is 11.5 Å². The van der Waals surface area contributed by atoms with Gasteiger partial charge in [-0.15, -0.1) is 0 Å². The Hall–Kier alpha value is -4.01. The molecule has 9 heteroatoms. The maximum absolute atomic E-state index is 13.0. The number of para-hydroxylation sites is 1. The third kappa shape index (κ3) is 4.66. The maximum atomic E-state index is 13.0. The zero-order valence-corrected chi connectivity index (χ0v) is 17.4. The molecule has 0 aliphatic carbocycles. The normalized spacial score (nSPS) is 12.3. The lowest BCUT2D eigenvalue weighted by atomic mass is 10.2. The molecule has 0 radical (unpaired) electrons. The number of hydrogen-bond acceptors (Lipinski definition) is 7. The van der Waals surface area contributed by atoms with Crippen molar-refractivity contribution in [2.24, 2.45) is 0 Å². The molecule has 0 fully saturated rings. The number of esters is 1. The number of hydrogen-bond donors (Lipinski definition) is 2. The largest absolute Gasteiger partial charge is 0.486 e. The topological polar surface area (TPSA) is 116 Å². The van der Waals surface area contributed by atoms with E-state index in [1.165, 1.54) is 0 Å². The molecule has 9 nitrogen and oxygen atoms in total. The first-order valence-corrected chi connectivity index (χ1v) is 10.2. The van der Waals surface area contributed by atoms with Crippen molar-refractivity contribution in [2.75, 3.05) is 30.5 Å². The Morgan fingerprint density at radius 3 is 2.56 bits per heavy atom. The summed E-state index contributed by atoms with van der Waals surface area (Å²) in [6.07, 6.45) is -0.143. The quantitative estimate of drug-likeness (QED) is 0.540. The number of carbonyl (C=O) groups excluding carboxylic acids is 3. The van der Waals surface area contributed by atoms with E-state index in [1.807, 2.05) is 0 Å². The summed E-state index contributed by atoms with van der Waals surface area (Å²) in [5, 5.41) is 6.03. The van der Waals surface area contributed by atoms with Crippen LogP contribution in [0.25, 0.3) is 11.0 Å². The Balaban J connectivity index is 1.55. The first kappa shape index (κ1) is 21.2. The standard InChI is InChI=1S/C23H22N2O7/c1-2-29-20(27)10-9-19(26)25-21-15-5-3-4-6-16(15)32-22(21)23(28)24-14-7-8-17-18(13-14)31-12-11-30-17/h3-8,13H,2,9-12H2,1H3,(H,24,28)(H,25,26). The lowest BCUT2D eigenvalue weighted by Crippen LogP contribution is -2.18. The Bertz CT molecular complexity index is 1170. The molecule has 0 bridgehead atoms. The van der Waals surface area contributed by atoms with Crippen molar-refractivity contribution >= 4 is 40.1 Å². The molecule has 0 atom stereocenters. The van der Waals surface area contributed by atoms with E-state index < -0.39 is 17.8 Å². The average Bonchev–Trinajstić information content (AvgIpc) is 3.16. The predicted octanol–water partition coefficient (Wildman–Crippen LogP) is 3.74. The first-order chi connectivity index (χ1) is 15.5. The molecule has 2 N–H and O–H groups in total. The fraction of sp³-hybridized carbons (Fsp3) is 0.261. The van der Waals surface area contributed by atoms with Crippen LogP contribution in [0, 0.1) is 0 Å². The van der Waals surface area contributed by atoms with Gasteiger partial charge in [-0.05, 0) is 31.2 Å². The van der Waals surface area contributed by atoms with Crippen molar-refractivity contribution in [3.8, 4) is 11.5 Å². The highest BCUT2D eigenvalue weighted by Gasteiger charge is 2.23. The van der Waals surface area contributed by atoms with Gasteiger partial charge >= 0.3 is 5.97 Å². The fourth-order valence-corrected chi connectivity index (χ4v) is 3.29. The molecule has 0 saturated heterocycles. The van der Waals surface area contributed by atoms with Crippen molar-refractivity contribution in [2.45, 2.75) is 19.8 Å². The molecule has 2 aromatic carbocycles. The second-order valence-corrected chi connectivity index (χ2v) is 6.97. The molecule has 0 saturated carbocycles. The molecule has 3 aromatic rings. The van der Waals surface area contributed by atoms with E-state index in [2.05, 4.69) is 10.6 Å². The number of nitrogens with one attached hydrogen (secondary N) is 2. The summed E-state index contributed by atoms with van der Waals surface area (Å²) in [5.74, 6) is -0.350. The SMILES string of the molecule is CCOC(=O)CCC(=O)Nc1c(C(=O)Nc2ccc3c(c2)OCCO3)oc2ccccc12. The van der Waals surface area contributed by atoms with Crippen LogP contribution in [0.15, 0.2) is 46.9 Å². The molecule has 2 heterocycles. The molecule has 0 spiro atoms. The number of benzene rings is 2. The Morgan fingerprint density at radius 2 is 1.75 bits per heavy atom. The van der Waals surface area contributed by atoms with Gasteiger partial charge < -0.3 is 29.3 Å². The number of ether oxygens (including phenoxy) is 3. The minimum atomic E-state index is -0.543. The van der Waals surface area contributed by atoms with Gasteiger partial charge in [0, 0.05) is 23.6 Å². The predicted molar refractivity (Wildman–Crippen MR) is 116 cm³/mol. The van der Waals surface area contributed by atoms with Gasteiger partial charge in [0.1, 0.15) is 24.5 Å². The fourth-order valence-electron chi connectivity index (χ4n) is 3.29. The molecular weight excluding hydrogens is 416 g/mol. The molecule has 1 aromatic heterocycles. The van der Waals surface area contributed by atoms with Gasteiger partial charge in [0.05, 0.1) is 13.0 Å². The third-order valence-corrected chi connectivity index (χ3v) is 4.73. The molecule has 4 rings (SSSR count). The van der Waals surface area contributed by atoms with E-state index in [4.69, 9.17) is 18.6 Å². The van der Waals surface area contributed by atoms with Crippen molar-refractivity contribution in [1.29, 1.82) is 0 Å².